The van der Waals surface area contributed by atoms with Crippen molar-refractivity contribution in [2.75, 3.05) is 10.7 Å². The molecule has 0 spiro atoms. The van der Waals surface area contributed by atoms with E-state index in [1.165, 1.54) is 0 Å². The van der Waals surface area contributed by atoms with E-state index in [0.717, 1.165) is 28.0 Å². The lowest BCUT2D eigenvalue weighted by Crippen LogP contribution is -2.30. The third-order valence-electron chi connectivity index (χ3n) is 3.41. The summed E-state index contributed by atoms with van der Waals surface area (Å²) in [6, 6.07) is 0. The monoisotopic (exact) mass is 325 g/mol. The largest absolute Gasteiger partial charge is 0.481 e. The Kier molecular flexibility index (Phi) is 3.77. The van der Waals surface area contributed by atoms with Gasteiger partial charge in [0, 0.05) is 0 Å². The Morgan fingerprint density at radius 3 is 2.48 bits per heavy atom. The number of carbonyl (C=O) groups excluding carboxylic acids is 2. The summed E-state index contributed by atoms with van der Waals surface area (Å²) in [6.07, 6.45) is 4.99. The van der Waals surface area contributed by atoms with E-state index in [2.05, 4.69) is 10.2 Å². The van der Waals surface area contributed by atoms with Crippen LogP contribution in [0.15, 0.2) is 16.5 Å². The van der Waals surface area contributed by atoms with Crippen molar-refractivity contribution in [2.45, 2.75) is 17.2 Å². The molecule has 1 aliphatic heterocycles. The van der Waals surface area contributed by atoms with Gasteiger partial charge in [0.05, 0.1) is 17.6 Å². The average Bonchev–Trinajstić information content (AvgIpc) is 3.02. The summed E-state index contributed by atoms with van der Waals surface area (Å²) in [5.74, 6) is -2.17. The first kappa shape index (κ1) is 14.2. The van der Waals surface area contributed by atoms with Gasteiger partial charge in [-0.2, -0.15) is 0 Å². The van der Waals surface area contributed by atoms with Crippen LogP contribution in [0.25, 0.3) is 0 Å². The third-order valence-corrected chi connectivity index (χ3v) is 5.44. The number of rotatable bonds is 4. The first-order chi connectivity index (χ1) is 10.1. The van der Waals surface area contributed by atoms with E-state index >= 15 is 0 Å². The summed E-state index contributed by atoms with van der Waals surface area (Å²) in [4.78, 5) is 36.3. The van der Waals surface area contributed by atoms with Crippen LogP contribution in [0.1, 0.15) is 12.8 Å². The molecule has 0 bridgehead atoms. The number of fused-ring (bicyclic) bond motifs is 1. The fraction of sp³-hybridized carbons (Fsp3) is 0.417. The van der Waals surface area contributed by atoms with Crippen LogP contribution in [-0.2, 0) is 14.4 Å². The van der Waals surface area contributed by atoms with Gasteiger partial charge in [0.2, 0.25) is 16.9 Å². The van der Waals surface area contributed by atoms with Crippen molar-refractivity contribution in [1.82, 2.24) is 10.2 Å². The number of hydrogen-bond donors (Lipinski definition) is 1. The number of aliphatic carboxylic acids is 1. The highest BCUT2D eigenvalue weighted by Crippen LogP contribution is 2.39. The van der Waals surface area contributed by atoms with Crippen LogP contribution in [0.3, 0.4) is 0 Å². The van der Waals surface area contributed by atoms with E-state index < -0.39 is 5.97 Å². The Hall–Kier alpha value is -1.74. The van der Waals surface area contributed by atoms with Crippen molar-refractivity contribution < 1.29 is 19.5 Å². The quantitative estimate of drug-likeness (QED) is 0.384. The van der Waals surface area contributed by atoms with Crippen LogP contribution in [0.2, 0.25) is 0 Å². The molecule has 7 nitrogen and oxygen atoms in total. The molecule has 2 atom stereocenters. The van der Waals surface area contributed by atoms with Crippen LogP contribution >= 0.6 is 23.1 Å². The smallest absolute Gasteiger partial charge is 0.313 e. The number of thioether (sulfide) groups is 1. The van der Waals surface area contributed by atoms with Crippen LogP contribution < -0.4 is 4.90 Å². The van der Waals surface area contributed by atoms with Crippen molar-refractivity contribution >= 4 is 46.0 Å². The van der Waals surface area contributed by atoms with Crippen LogP contribution in [0.5, 0.6) is 0 Å². The zero-order valence-electron chi connectivity index (χ0n) is 10.8. The SMILES string of the molecule is O=C(O)CSc1nnc(N2C(=O)C3CC=CCC3C2=O)s1. The highest BCUT2D eigenvalue weighted by molar-refractivity contribution is 8.01. The standard InChI is InChI=1S/C12H11N3O4S2/c16-8(17)5-20-12-14-13-11(21-12)15-9(18)6-3-1-2-4-7(6)10(15)19/h1-2,6-7H,3-5H2,(H,16,17). The first-order valence-corrected chi connectivity index (χ1v) is 8.09. The summed E-state index contributed by atoms with van der Waals surface area (Å²) in [7, 11) is 0. The van der Waals surface area contributed by atoms with Gasteiger partial charge in [-0.3, -0.25) is 14.4 Å². The minimum atomic E-state index is -0.956. The van der Waals surface area contributed by atoms with Crippen LogP contribution in [-0.4, -0.2) is 38.8 Å². The first-order valence-electron chi connectivity index (χ1n) is 6.29. The van der Waals surface area contributed by atoms with E-state index in [1.54, 1.807) is 0 Å². The molecule has 0 saturated carbocycles. The van der Waals surface area contributed by atoms with Gasteiger partial charge in [0.15, 0.2) is 4.34 Å². The molecule has 2 aliphatic rings. The van der Waals surface area contributed by atoms with Gasteiger partial charge in [-0.1, -0.05) is 35.3 Å². The topological polar surface area (TPSA) is 100 Å². The van der Waals surface area contributed by atoms with E-state index in [1.807, 2.05) is 12.2 Å². The summed E-state index contributed by atoms with van der Waals surface area (Å²) in [5.41, 5.74) is 0. The van der Waals surface area contributed by atoms with Crippen LogP contribution in [0.4, 0.5) is 5.13 Å². The van der Waals surface area contributed by atoms with Crippen molar-refractivity contribution in [3.05, 3.63) is 12.2 Å². The number of allylic oxidation sites excluding steroid dienone is 2. The zero-order chi connectivity index (χ0) is 15.0. The fourth-order valence-electron chi connectivity index (χ4n) is 2.46. The van der Waals surface area contributed by atoms with Crippen molar-refractivity contribution in [3.63, 3.8) is 0 Å². The summed E-state index contributed by atoms with van der Waals surface area (Å²) in [6.45, 7) is 0. The van der Waals surface area contributed by atoms with Gasteiger partial charge in [0.25, 0.3) is 0 Å². The molecule has 0 aromatic carbocycles. The normalized spacial score (nSPS) is 24.5. The second-order valence-corrected chi connectivity index (χ2v) is 6.88. The number of aromatic nitrogens is 2. The maximum atomic E-state index is 12.3. The Bertz CT molecular complexity index is 616. The van der Waals surface area contributed by atoms with Crippen molar-refractivity contribution in [1.29, 1.82) is 0 Å². The number of imide groups is 1. The molecule has 2 unspecified atom stereocenters. The molecule has 1 saturated heterocycles. The Labute approximate surface area is 128 Å². The van der Waals surface area contributed by atoms with E-state index in [9.17, 15) is 14.4 Å². The van der Waals surface area contributed by atoms with Gasteiger partial charge in [-0.25, -0.2) is 4.90 Å². The second kappa shape index (κ2) is 5.57. The Morgan fingerprint density at radius 2 is 1.90 bits per heavy atom. The van der Waals surface area contributed by atoms with Crippen molar-refractivity contribution in [3.8, 4) is 0 Å². The van der Waals surface area contributed by atoms with Gasteiger partial charge in [0.1, 0.15) is 0 Å². The molecule has 1 fully saturated rings. The van der Waals surface area contributed by atoms with Gasteiger partial charge in [-0.05, 0) is 12.8 Å². The van der Waals surface area contributed by atoms with Gasteiger partial charge in [-0.15, -0.1) is 10.2 Å². The molecule has 1 aromatic heterocycles. The molecule has 1 aliphatic carbocycles. The number of carboxylic acid groups (broad SMARTS) is 1. The lowest BCUT2D eigenvalue weighted by Gasteiger charge is -2.14. The van der Waals surface area contributed by atoms with E-state index in [0.29, 0.717) is 17.2 Å². The number of nitrogens with zero attached hydrogens (tertiary/aromatic N) is 3. The number of anilines is 1. The molecule has 110 valence electrons. The van der Waals surface area contributed by atoms with E-state index in [-0.39, 0.29) is 34.5 Å². The van der Waals surface area contributed by atoms with Crippen LogP contribution in [0, 0.1) is 11.8 Å². The Balaban J connectivity index is 1.79. The maximum absolute atomic E-state index is 12.3. The molecular formula is C12H11N3O4S2. The number of carbonyl (C=O) groups is 3. The molecular weight excluding hydrogens is 314 g/mol. The molecule has 1 aromatic rings. The maximum Gasteiger partial charge on any atom is 0.313 e. The lowest BCUT2D eigenvalue weighted by molar-refractivity contribution is -0.134. The highest BCUT2D eigenvalue weighted by Gasteiger charge is 2.49. The summed E-state index contributed by atoms with van der Waals surface area (Å²) in [5, 5.41) is 16.5. The Morgan fingerprint density at radius 1 is 1.29 bits per heavy atom. The fourth-order valence-corrected chi connectivity index (χ4v) is 4.04. The predicted molar refractivity (Wildman–Crippen MR) is 76.1 cm³/mol. The molecule has 9 heteroatoms. The summed E-state index contributed by atoms with van der Waals surface area (Å²) < 4.78 is 0.431. The minimum absolute atomic E-state index is 0.133. The number of hydrogen-bond acceptors (Lipinski definition) is 7. The highest BCUT2D eigenvalue weighted by atomic mass is 32.2. The van der Waals surface area contributed by atoms with Gasteiger partial charge < -0.3 is 5.11 Å². The average molecular weight is 325 g/mol. The van der Waals surface area contributed by atoms with Crippen molar-refractivity contribution in [2.24, 2.45) is 11.8 Å². The van der Waals surface area contributed by atoms with E-state index in [4.69, 9.17) is 5.11 Å². The molecule has 2 amide bonds. The third kappa shape index (κ3) is 2.58. The second-order valence-electron chi connectivity index (χ2n) is 4.70. The summed E-state index contributed by atoms with van der Waals surface area (Å²) >= 11 is 2.09. The minimum Gasteiger partial charge on any atom is -0.481 e. The number of carboxylic acids is 1. The lowest BCUT2D eigenvalue weighted by atomic mass is 9.85. The zero-order valence-corrected chi connectivity index (χ0v) is 12.4. The molecule has 3 rings (SSSR count). The molecule has 1 N–H and O–H groups in total. The van der Waals surface area contributed by atoms with Gasteiger partial charge >= 0.3 is 5.97 Å². The number of amides is 2. The molecule has 2 heterocycles. The molecule has 21 heavy (non-hydrogen) atoms. The molecule has 0 radical (unpaired) electrons. The predicted octanol–water partition coefficient (Wildman–Crippen LogP) is 1.17.